The van der Waals surface area contributed by atoms with Crippen LogP contribution >= 0.6 is 0 Å². The number of anilines is 1. The number of benzene rings is 1. The Kier molecular flexibility index (Phi) is 6.33. The van der Waals surface area contributed by atoms with Gasteiger partial charge in [-0.05, 0) is 56.3 Å². The molecule has 1 unspecified atom stereocenters. The minimum atomic E-state index is -4.82. The summed E-state index contributed by atoms with van der Waals surface area (Å²) >= 11 is 0. The van der Waals surface area contributed by atoms with E-state index in [9.17, 15) is 22.8 Å². The van der Waals surface area contributed by atoms with Crippen molar-refractivity contribution in [1.29, 1.82) is 0 Å². The van der Waals surface area contributed by atoms with Gasteiger partial charge in [0.2, 0.25) is 0 Å². The molecule has 11 heteroatoms. The summed E-state index contributed by atoms with van der Waals surface area (Å²) in [5.74, 6) is -1.79. The number of carbonyl (C=O) groups excluding carboxylic acids is 2. The normalized spacial score (nSPS) is 12.3. The summed E-state index contributed by atoms with van der Waals surface area (Å²) in [6.45, 7) is 3.72. The summed E-state index contributed by atoms with van der Waals surface area (Å²) in [6, 6.07) is 9.26. The summed E-state index contributed by atoms with van der Waals surface area (Å²) in [4.78, 5) is 24.4. The quantitative estimate of drug-likeness (QED) is 0.578. The number of alkyl halides is 3. The number of nitrogens with zero attached hydrogens (tertiary/aromatic N) is 2. The number of amides is 2. The zero-order chi connectivity index (χ0) is 22.6. The molecule has 2 amide bonds. The molecule has 1 atom stereocenters. The summed E-state index contributed by atoms with van der Waals surface area (Å²) < 4.78 is 47.5. The molecular weight excluding hydrogens is 417 g/mol. The van der Waals surface area contributed by atoms with Crippen molar-refractivity contribution >= 4 is 17.5 Å². The monoisotopic (exact) mass is 436 g/mol. The fourth-order valence-corrected chi connectivity index (χ4v) is 2.95. The van der Waals surface area contributed by atoms with Crippen LogP contribution in [0.2, 0.25) is 0 Å². The molecule has 0 radical (unpaired) electrons. The number of aryl methyl sites for hydroxylation is 2. The first-order valence-electron chi connectivity index (χ1n) is 9.13. The van der Waals surface area contributed by atoms with E-state index < -0.39 is 30.0 Å². The number of furan rings is 1. The Morgan fingerprint density at radius 2 is 1.87 bits per heavy atom. The molecule has 3 rings (SSSR count). The highest BCUT2D eigenvalue weighted by Crippen LogP contribution is 2.24. The van der Waals surface area contributed by atoms with E-state index in [1.54, 1.807) is 16.8 Å². The lowest BCUT2D eigenvalue weighted by atomic mass is 10.2. The molecule has 3 aromatic rings. The standard InChI is InChI=1S/C20H19F3N4O4/c1-12-10-13(2)27(26-12)16(17-4-3-9-30-17)11-24-18(28)19(29)25-14-5-7-15(8-6-14)31-20(21,22)23/h3-10,16H,11H2,1-2H3,(H,24,28)(H,25,29). The van der Waals surface area contributed by atoms with Crippen molar-refractivity contribution in [3.8, 4) is 5.75 Å². The fourth-order valence-electron chi connectivity index (χ4n) is 2.95. The number of carbonyl (C=O) groups is 2. The van der Waals surface area contributed by atoms with Gasteiger partial charge in [0.15, 0.2) is 0 Å². The number of rotatable bonds is 6. The van der Waals surface area contributed by atoms with Gasteiger partial charge in [-0.25, -0.2) is 0 Å². The lowest BCUT2D eigenvalue weighted by molar-refractivity contribution is -0.274. The van der Waals surface area contributed by atoms with Crippen LogP contribution in [0.5, 0.6) is 5.75 Å². The van der Waals surface area contributed by atoms with Crippen LogP contribution in [0.3, 0.4) is 0 Å². The van der Waals surface area contributed by atoms with Gasteiger partial charge in [0, 0.05) is 17.9 Å². The maximum absolute atomic E-state index is 12.2. The fraction of sp³-hybridized carbons (Fsp3) is 0.250. The van der Waals surface area contributed by atoms with Gasteiger partial charge < -0.3 is 19.8 Å². The minimum absolute atomic E-state index is 0.0279. The second kappa shape index (κ2) is 8.94. The molecule has 0 aliphatic heterocycles. The van der Waals surface area contributed by atoms with Gasteiger partial charge in [-0.3, -0.25) is 14.3 Å². The number of aromatic nitrogens is 2. The third kappa shape index (κ3) is 5.87. The lowest BCUT2D eigenvalue weighted by Gasteiger charge is -2.18. The van der Waals surface area contributed by atoms with Crippen molar-refractivity contribution < 1.29 is 31.9 Å². The van der Waals surface area contributed by atoms with Gasteiger partial charge in [-0.15, -0.1) is 13.2 Å². The van der Waals surface area contributed by atoms with Crippen molar-refractivity contribution in [2.24, 2.45) is 0 Å². The minimum Gasteiger partial charge on any atom is -0.467 e. The molecule has 0 aliphatic rings. The van der Waals surface area contributed by atoms with E-state index in [0.29, 0.717) is 5.76 Å². The van der Waals surface area contributed by atoms with E-state index in [2.05, 4.69) is 20.5 Å². The molecule has 0 saturated heterocycles. The van der Waals surface area contributed by atoms with Crippen LogP contribution in [0.15, 0.2) is 53.1 Å². The van der Waals surface area contributed by atoms with Crippen molar-refractivity contribution in [2.75, 3.05) is 11.9 Å². The summed E-state index contributed by atoms with van der Waals surface area (Å²) in [6.07, 6.45) is -3.32. The first-order valence-corrected chi connectivity index (χ1v) is 9.13. The first-order chi connectivity index (χ1) is 14.6. The Hall–Kier alpha value is -3.76. The van der Waals surface area contributed by atoms with Gasteiger partial charge in [0.25, 0.3) is 0 Å². The van der Waals surface area contributed by atoms with Gasteiger partial charge in [0.05, 0.1) is 12.0 Å². The number of hydrogen-bond acceptors (Lipinski definition) is 5. The van der Waals surface area contributed by atoms with Crippen molar-refractivity contribution in [3.63, 3.8) is 0 Å². The molecule has 0 aliphatic carbocycles. The van der Waals surface area contributed by atoms with Gasteiger partial charge in [-0.2, -0.15) is 5.10 Å². The van der Waals surface area contributed by atoms with E-state index in [-0.39, 0.29) is 12.2 Å². The average Bonchev–Trinajstić information content (AvgIpc) is 3.32. The Labute approximate surface area is 175 Å². The molecule has 164 valence electrons. The third-order valence-corrected chi connectivity index (χ3v) is 4.22. The van der Waals surface area contributed by atoms with Crippen LogP contribution in [-0.2, 0) is 9.59 Å². The Bertz CT molecular complexity index is 1040. The van der Waals surface area contributed by atoms with Gasteiger partial charge in [-0.1, -0.05) is 0 Å². The van der Waals surface area contributed by atoms with Crippen LogP contribution in [-0.4, -0.2) is 34.5 Å². The number of ether oxygens (including phenoxy) is 1. The molecule has 8 nitrogen and oxygen atoms in total. The Balaban J connectivity index is 1.62. The average molecular weight is 436 g/mol. The topological polar surface area (TPSA) is 98.4 Å². The van der Waals surface area contributed by atoms with Crippen LogP contribution < -0.4 is 15.4 Å². The highest BCUT2D eigenvalue weighted by molar-refractivity contribution is 6.39. The van der Waals surface area contributed by atoms with Gasteiger partial charge in [0.1, 0.15) is 17.6 Å². The van der Waals surface area contributed by atoms with Crippen molar-refractivity contribution in [2.45, 2.75) is 26.3 Å². The van der Waals surface area contributed by atoms with E-state index in [4.69, 9.17) is 4.42 Å². The third-order valence-electron chi connectivity index (χ3n) is 4.22. The Morgan fingerprint density at radius 1 is 1.16 bits per heavy atom. The van der Waals surface area contributed by atoms with Crippen LogP contribution in [0.25, 0.3) is 0 Å². The van der Waals surface area contributed by atoms with Crippen LogP contribution in [0.4, 0.5) is 18.9 Å². The summed E-state index contributed by atoms with van der Waals surface area (Å²) in [5, 5.41) is 9.24. The highest BCUT2D eigenvalue weighted by Gasteiger charge is 2.31. The summed E-state index contributed by atoms with van der Waals surface area (Å²) in [5.41, 5.74) is 1.77. The predicted molar refractivity (Wildman–Crippen MR) is 103 cm³/mol. The number of halogens is 3. The largest absolute Gasteiger partial charge is 0.573 e. The van der Waals surface area contributed by atoms with Crippen LogP contribution in [0.1, 0.15) is 23.2 Å². The van der Waals surface area contributed by atoms with E-state index in [1.807, 2.05) is 19.9 Å². The second-order valence-corrected chi connectivity index (χ2v) is 6.64. The molecular formula is C20H19F3N4O4. The smallest absolute Gasteiger partial charge is 0.467 e. The molecule has 0 fully saturated rings. The predicted octanol–water partition coefficient (Wildman–Crippen LogP) is 3.34. The van der Waals surface area contributed by atoms with Gasteiger partial charge >= 0.3 is 18.2 Å². The molecule has 0 saturated carbocycles. The van der Waals surface area contributed by atoms with E-state index in [1.165, 1.54) is 18.4 Å². The Morgan fingerprint density at radius 3 is 2.42 bits per heavy atom. The molecule has 2 N–H and O–H groups in total. The maximum Gasteiger partial charge on any atom is 0.573 e. The van der Waals surface area contributed by atoms with Crippen molar-refractivity contribution in [1.82, 2.24) is 15.1 Å². The number of nitrogens with one attached hydrogen (secondary N) is 2. The van der Waals surface area contributed by atoms with Crippen molar-refractivity contribution in [3.05, 3.63) is 65.9 Å². The molecule has 2 heterocycles. The SMILES string of the molecule is Cc1cc(C)n(C(CNC(=O)C(=O)Nc2ccc(OC(F)(F)F)cc2)c2ccco2)n1. The maximum atomic E-state index is 12.2. The molecule has 0 bridgehead atoms. The molecule has 31 heavy (non-hydrogen) atoms. The lowest BCUT2D eigenvalue weighted by Crippen LogP contribution is -2.39. The number of hydrogen-bond donors (Lipinski definition) is 2. The zero-order valence-electron chi connectivity index (χ0n) is 16.6. The zero-order valence-corrected chi connectivity index (χ0v) is 16.6. The first kappa shape index (κ1) is 21.9. The van der Waals surface area contributed by atoms with Crippen LogP contribution in [0, 0.1) is 13.8 Å². The molecule has 0 spiro atoms. The highest BCUT2D eigenvalue weighted by atomic mass is 19.4. The molecule has 1 aromatic carbocycles. The summed E-state index contributed by atoms with van der Waals surface area (Å²) in [7, 11) is 0. The van der Waals surface area contributed by atoms with E-state index >= 15 is 0 Å². The second-order valence-electron chi connectivity index (χ2n) is 6.64. The molecule has 2 aromatic heterocycles. The van der Waals surface area contributed by atoms with E-state index in [0.717, 1.165) is 23.5 Å².